The molecule has 1 aromatic rings. The molecule has 20 heavy (non-hydrogen) atoms. The van der Waals surface area contributed by atoms with E-state index in [0.717, 1.165) is 32.1 Å². The minimum atomic E-state index is -0.562. The van der Waals surface area contributed by atoms with Crippen molar-refractivity contribution < 1.29 is 10.0 Å². The summed E-state index contributed by atoms with van der Waals surface area (Å²) < 4.78 is 0. The van der Waals surface area contributed by atoms with Crippen molar-refractivity contribution in [2.45, 2.75) is 44.6 Å². The van der Waals surface area contributed by atoms with Gasteiger partial charge in [-0.2, -0.15) is 4.98 Å². The second-order valence-corrected chi connectivity index (χ2v) is 5.49. The van der Waals surface area contributed by atoms with Crippen molar-refractivity contribution in [3.05, 3.63) is 21.1 Å². The lowest BCUT2D eigenvalue weighted by Gasteiger charge is -2.36. The first kappa shape index (κ1) is 14.9. The number of halogens is 1. The molecule has 8 heteroatoms. The topological polar surface area (TPSA) is 101 Å². The fourth-order valence-electron chi connectivity index (χ4n) is 2.64. The molecule has 0 saturated heterocycles. The zero-order valence-corrected chi connectivity index (χ0v) is 12.0. The molecule has 0 atom stereocenters. The molecule has 0 unspecified atom stereocenters. The van der Waals surface area contributed by atoms with Gasteiger partial charge in [-0.25, -0.2) is 4.98 Å². The van der Waals surface area contributed by atoms with E-state index in [9.17, 15) is 15.2 Å². The third kappa shape index (κ3) is 2.99. The fourth-order valence-corrected chi connectivity index (χ4v) is 2.85. The van der Waals surface area contributed by atoms with Gasteiger partial charge in [0.05, 0.1) is 17.1 Å². The molecule has 7 nitrogen and oxygen atoms in total. The molecule has 0 amide bonds. The summed E-state index contributed by atoms with van der Waals surface area (Å²) in [6.07, 6.45) is 4.55. The second kappa shape index (κ2) is 5.88. The summed E-state index contributed by atoms with van der Waals surface area (Å²) in [4.78, 5) is 18.4. The van der Waals surface area contributed by atoms with Crippen LogP contribution in [-0.4, -0.2) is 32.1 Å². The zero-order valence-electron chi connectivity index (χ0n) is 11.2. The molecular weight excluding hydrogens is 284 g/mol. The van der Waals surface area contributed by atoms with Crippen LogP contribution in [0.2, 0.25) is 5.28 Å². The van der Waals surface area contributed by atoms with Crippen LogP contribution in [0.1, 0.15) is 37.8 Å². The van der Waals surface area contributed by atoms with E-state index in [-0.39, 0.29) is 29.1 Å². The van der Waals surface area contributed by atoms with Gasteiger partial charge in [0, 0.05) is 0 Å². The zero-order chi connectivity index (χ0) is 14.8. The van der Waals surface area contributed by atoms with Gasteiger partial charge in [0.25, 0.3) is 0 Å². The number of nitro groups is 1. The molecule has 0 bridgehead atoms. The molecule has 1 aliphatic carbocycles. The summed E-state index contributed by atoms with van der Waals surface area (Å²) >= 11 is 5.79. The molecule has 0 spiro atoms. The molecule has 1 aliphatic rings. The number of nitrogens with zero attached hydrogens (tertiary/aromatic N) is 3. The van der Waals surface area contributed by atoms with E-state index >= 15 is 0 Å². The van der Waals surface area contributed by atoms with E-state index in [2.05, 4.69) is 15.3 Å². The van der Waals surface area contributed by atoms with Gasteiger partial charge in [-0.05, 0) is 31.4 Å². The van der Waals surface area contributed by atoms with Crippen molar-refractivity contribution >= 4 is 23.1 Å². The standard InChI is InChI=1S/C12H17ClN4O3/c1-8-9(17(19)20)10(15-11(13)14-8)16-12(7-18)5-3-2-4-6-12/h18H,2-7H2,1H3,(H,14,15,16). The Balaban J connectivity index is 2.38. The minimum absolute atomic E-state index is 0.0421. The number of rotatable bonds is 4. The smallest absolute Gasteiger partial charge is 0.332 e. The Morgan fingerprint density at radius 3 is 2.60 bits per heavy atom. The SMILES string of the molecule is Cc1nc(Cl)nc(NC2(CO)CCCCC2)c1[N+](=O)[O-]. The van der Waals surface area contributed by atoms with Crippen LogP contribution in [0.15, 0.2) is 0 Å². The lowest BCUT2D eigenvalue weighted by molar-refractivity contribution is -0.385. The predicted molar refractivity (Wildman–Crippen MR) is 75.0 cm³/mol. The molecule has 1 fully saturated rings. The molecule has 0 aromatic carbocycles. The van der Waals surface area contributed by atoms with Gasteiger partial charge in [0.15, 0.2) is 0 Å². The summed E-state index contributed by atoms with van der Waals surface area (Å²) in [6, 6.07) is 0. The molecule has 2 N–H and O–H groups in total. The monoisotopic (exact) mass is 300 g/mol. The van der Waals surface area contributed by atoms with Crippen LogP contribution in [0, 0.1) is 17.0 Å². The Bertz CT molecular complexity index is 518. The predicted octanol–water partition coefficient (Wildman–Crippen LogP) is 2.45. The number of aliphatic hydroxyl groups is 1. The van der Waals surface area contributed by atoms with Crippen LogP contribution in [0.25, 0.3) is 0 Å². The average Bonchev–Trinajstić information content (AvgIpc) is 2.38. The van der Waals surface area contributed by atoms with E-state index in [1.807, 2.05) is 0 Å². The highest BCUT2D eigenvalue weighted by molar-refractivity contribution is 6.28. The van der Waals surface area contributed by atoms with Crippen molar-refractivity contribution in [1.29, 1.82) is 0 Å². The quantitative estimate of drug-likeness (QED) is 0.503. The van der Waals surface area contributed by atoms with Crippen LogP contribution in [0.3, 0.4) is 0 Å². The summed E-state index contributed by atoms with van der Waals surface area (Å²) in [5.74, 6) is 0.0865. The van der Waals surface area contributed by atoms with Crippen molar-refractivity contribution in [2.75, 3.05) is 11.9 Å². The number of aromatic nitrogens is 2. The highest BCUT2D eigenvalue weighted by atomic mass is 35.5. The molecule has 0 radical (unpaired) electrons. The maximum atomic E-state index is 11.2. The van der Waals surface area contributed by atoms with Crippen LogP contribution in [0.4, 0.5) is 11.5 Å². The van der Waals surface area contributed by atoms with Crippen molar-refractivity contribution in [3.63, 3.8) is 0 Å². The first-order valence-electron chi connectivity index (χ1n) is 6.55. The number of anilines is 1. The summed E-state index contributed by atoms with van der Waals surface area (Å²) in [5.41, 5.74) is -0.540. The van der Waals surface area contributed by atoms with Gasteiger partial charge < -0.3 is 10.4 Å². The van der Waals surface area contributed by atoms with E-state index in [0.29, 0.717) is 0 Å². The summed E-state index contributed by atoms with van der Waals surface area (Å²) in [5, 5.41) is 23.8. The van der Waals surface area contributed by atoms with Gasteiger partial charge in [0.1, 0.15) is 5.69 Å². The third-order valence-corrected chi connectivity index (χ3v) is 3.88. The lowest BCUT2D eigenvalue weighted by atomic mass is 9.82. The second-order valence-electron chi connectivity index (χ2n) is 5.16. The molecule has 1 aromatic heterocycles. The van der Waals surface area contributed by atoms with Gasteiger partial charge in [0.2, 0.25) is 11.1 Å². The summed E-state index contributed by atoms with van der Waals surface area (Å²) in [7, 11) is 0. The van der Waals surface area contributed by atoms with Crippen molar-refractivity contribution in [3.8, 4) is 0 Å². The van der Waals surface area contributed by atoms with Gasteiger partial charge in [-0.15, -0.1) is 0 Å². The number of hydrogen-bond acceptors (Lipinski definition) is 6. The first-order chi connectivity index (χ1) is 9.47. The van der Waals surface area contributed by atoms with E-state index in [4.69, 9.17) is 11.6 Å². The van der Waals surface area contributed by atoms with E-state index in [1.165, 1.54) is 6.92 Å². The number of nitrogens with one attached hydrogen (secondary N) is 1. The Labute approximate surface area is 121 Å². The van der Waals surface area contributed by atoms with Gasteiger partial charge in [-0.1, -0.05) is 19.3 Å². The first-order valence-corrected chi connectivity index (χ1v) is 6.93. The molecule has 2 rings (SSSR count). The third-order valence-electron chi connectivity index (χ3n) is 3.71. The van der Waals surface area contributed by atoms with Crippen LogP contribution in [-0.2, 0) is 0 Å². The maximum Gasteiger partial charge on any atom is 0.332 e. The molecule has 1 saturated carbocycles. The van der Waals surface area contributed by atoms with Crippen molar-refractivity contribution in [1.82, 2.24) is 9.97 Å². The minimum Gasteiger partial charge on any atom is -0.394 e. The van der Waals surface area contributed by atoms with E-state index in [1.54, 1.807) is 0 Å². The fraction of sp³-hybridized carbons (Fsp3) is 0.667. The Hall–Kier alpha value is -1.47. The normalized spacial score (nSPS) is 17.8. The summed E-state index contributed by atoms with van der Waals surface area (Å²) in [6.45, 7) is 1.42. The average molecular weight is 301 g/mol. The molecular formula is C12H17ClN4O3. The van der Waals surface area contributed by atoms with Gasteiger partial charge in [-0.3, -0.25) is 10.1 Å². The molecule has 110 valence electrons. The largest absolute Gasteiger partial charge is 0.394 e. The van der Waals surface area contributed by atoms with Crippen molar-refractivity contribution in [2.24, 2.45) is 0 Å². The van der Waals surface area contributed by atoms with Crippen LogP contribution < -0.4 is 5.32 Å². The highest BCUT2D eigenvalue weighted by Gasteiger charge is 2.34. The molecule has 1 heterocycles. The number of aliphatic hydroxyl groups excluding tert-OH is 1. The Kier molecular flexibility index (Phi) is 4.39. The van der Waals surface area contributed by atoms with Gasteiger partial charge >= 0.3 is 5.69 Å². The number of aryl methyl sites for hydroxylation is 1. The maximum absolute atomic E-state index is 11.2. The Morgan fingerprint density at radius 1 is 1.40 bits per heavy atom. The van der Waals surface area contributed by atoms with E-state index < -0.39 is 10.5 Å². The highest BCUT2D eigenvalue weighted by Crippen LogP contribution is 2.35. The van der Waals surface area contributed by atoms with Crippen LogP contribution >= 0.6 is 11.6 Å². The lowest BCUT2D eigenvalue weighted by Crippen LogP contribution is -2.44. The number of hydrogen-bond donors (Lipinski definition) is 2. The Morgan fingerprint density at radius 2 is 2.05 bits per heavy atom. The molecule has 0 aliphatic heterocycles. The van der Waals surface area contributed by atoms with Crippen LogP contribution in [0.5, 0.6) is 0 Å².